The molecular weight excluding hydrogens is 388 g/mol. The van der Waals surface area contributed by atoms with Gasteiger partial charge in [-0.2, -0.15) is 0 Å². The lowest BCUT2D eigenvalue weighted by molar-refractivity contribution is -0.111. The standard InChI is InChI=1S/C18H15BrN2O4/c1-23-13-10-11(17(24-2)12-8-9-25-18(12)13)6-7-16(22)21-15-5-3-4-14(19)20-15/h3-10H,1-2H3,(H,20,21,22)/b7-6+. The average molecular weight is 403 g/mol. The molecule has 0 spiro atoms. The van der Waals surface area contributed by atoms with E-state index in [4.69, 9.17) is 13.9 Å². The second kappa shape index (κ2) is 7.40. The second-order valence-electron chi connectivity index (χ2n) is 5.03. The van der Waals surface area contributed by atoms with Crippen molar-refractivity contribution in [3.05, 3.63) is 52.8 Å². The normalized spacial score (nSPS) is 11.0. The Bertz CT molecular complexity index is 949. The monoisotopic (exact) mass is 402 g/mol. The molecule has 0 radical (unpaired) electrons. The Morgan fingerprint density at radius 3 is 2.84 bits per heavy atom. The number of methoxy groups -OCH3 is 2. The third-order valence-electron chi connectivity index (χ3n) is 3.49. The molecule has 0 aliphatic carbocycles. The van der Waals surface area contributed by atoms with E-state index in [1.165, 1.54) is 6.08 Å². The number of pyridine rings is 1. The number of halogens is 1. The van der Waals surface area contributed by atoms with Crippen LogP contribution >= 0.6 is 15.9 Å². The van der Waals surface area contributed by atoms with Crippen LogP contribution in [0.2, 0.25) is 0 Å². The van der Waals surface area contributed by atoms with Gasteiger partial charge in [-0.1, -0.05) is 6.07 Å². The molecule has 3 rings (SSSR count). The van der Waals surface area contributed by atoms with Crippen LogP contribution in [0.15, 0.2) is 51.7 Å². The first-order valence-corrected chi connectivity index (χ1v) is 8.15. The minimum atomic E-state index is -0.307. The summed E-state index contributed by atoms with van der Waals surface area (Å²) in [4.78, 5) is 16.3. The summed E-state index contributed by atoms with van der Waals surface area (Å²) in [6, 6.07) is 8.82. The van der Waals surface area contributed by atoms with Crippen molar-refractivity contribution in [1.29, 1.82) is 0 Å². The highest BCUT2D eigenvalue weighted by atomic mass is 79.9. The lowest BCUT2D eigenvalue weighted by Crippen LogP contribution is -2.09. The third-order valence-corrected chi connectivity index (χ3v) is 3.93. The van der Waals surface area contributed by atoms with Crippen LogP contribution < -0.4 is 14.8 Å². The Kier molecular flexibility index (Phi) is 5.04. The summed E-state index contributed by atoms with van der Waals surface area (Å²) >= 11 is 3.26. The third kappa shape index (κ3) is 3.66. The van der Waals surface area contributed by atoms with Gasteiger partial charge in [0, 0.05) is 11.6 Å². The van der Waals surface area contributed by atoms with E-state index in [1.807, 2.05) is 0 Å². The zero-order valence-electron chi connectivity index (χ0n) is 13.6. The molecule has 3 aromatic rings. The molecule has 0 saturated heterocycles. The molecule has 1 N–H and O–H groups in total. The van der Waals surface area contributed by atoms with Gasteiger partial charge in [0.25, 0.3) is 0 Å². The highest BCUT2D eigenvalue weighted by molar-refractivity contribution is 9.10. The maximum absolute atomic E-state index is 12.1. The maximum atomic E-state index is 12.1. The molecule has 0 saturated carbocycles. The Hall–Kier alpha value is -2.80. The number of benzene rings is 1. The Labute approximate surface area is 152 Å². The van der Waals surface area contributed by atoms with Crippen LogP contribution in [0.25, 0.3) is 17.0 Å². The fraction of sp³-hybridized carbons (Fsp3) is 0.111. The second-order valence-corrected chi connectivity index (χ2v) is 5.85. The van der Waals surface area contributed by atoms with E-state index >= 15 is 0 Å². The van der Waals surface area contributed by atoms with Crippen LogP contribution in [0.1, 0.15) is 5.56 Å². The van der Waals surface area contributed by atoms with E-state index in [9.17, 15) is 4.79 Å². The molecule has 2 heterocycles. The average Bonchev–Trinajstić information content (AvgIpc) is 3.08. The first-order valence-electron chi connectivity index (χ1n) is 7.36. The van der Waals surface area contributed by atoms with Gasteiger partial charge in [0.15, 0.2) is 11.3 Å². The van der Waals surface area contributed by atoms with Crippen molar-refractivity contribution >= 4 is 44.7 Å². The molecule has 0 atom stereocenters. The number of fused-ring (bicyclic) bond motifs is 1. The summed E-state index contributed by atoms with van der Waals surface area (Å²) in [7, 11) is 3.12. The van der Waals surface area contributed by atoms with Crippen LogP contribution in [0.3, 0.4) is 0 Å². The number of furan rings is 1. The number of carbonyl (C=O) groups excluding carboxylic acids is 1. The van der Waals surface area contributed by atoms with Crippen molar-refractivity contribution < 1.29 is 18.7 Å². The molecule has 0 aliphatic rings. The van der Waals surface area contributed by atoms with Crippen molar-refractivity contribution in [1.82, 2.24) is 4.98 Å². The lowest BCUT2D eigenvalue weighted by Gasteiger charge is -2.09. The Balaban J connectivity index is 1.88. The summed E-state index contributed by atoms with van der Waals surface area (Å²) in [5.74, 6) is 1.32. The molecular formula is C18H15BrN2O4. The smallest absolute Gasteiger partial charge is 0.249 e. The van der Waals surface area contributed by atoms with Crippen molar-refractivity contribution in [2.75, 3.05) is 19.5 Å². The maximum Gasteiger partial charge on any atom is 0.249 e. The molecule has 0 fully saturated rings. The van der Waals surface area contributed by atoms with Crippen LogP contribution in [0.4, 0.5) is 5.82 Å². The number of ether oxygens (including phenoxy) is 2. The molecule has 7 heteroatoms. The zero-order valence-corrected chi connectivity index (χ0v) is 15.2. The van der Waals surface area contributed by atoms with E-state index in [1.54, 1.807) is 56.9 Å². The number of amides is 1. The van der Waals surface area contributed by atoms with E-state index < -0.39 is 0 Å². The van der Waals surface area contributed by atoms with Crippen LogP contribution in [0.5, 0.6) is 11.5 Å². The first kappa shape index (κ1) is 17.0. The molecule has 6 nitrogen and oxygen atoms in total. The number of nitrogens with one attached hydrogen (secondary N) is 1. The summed E-state index contributed by atoms with van der Waals surface area (Å²) in [5, 5.41) is 3.47. The van der Waals surface area contributed by atoms with Crippen LogP contribution in [-0.4, -0.2) is 25.1 Å². The minimum Gasteiger partial charge on any atom is -0.495 e. The van der Waals surface area contributed by atoms with Crippen molar-refractivity contribution in [2.45, 2.75) is 0 Å². The predicted octanol–water partition coefficient (Wildman–Crippen LogP) is 4.26. The summed E-state index contributed by atoms with van der Waals surface area (Å²) < 4.78 is 16.9. The van der Waals surface area contributed by atoms with Crippen molar-refractivity contribution in [2.24, 2.45) is 0 Å². The van der Waals surface area contributed by atoms with Gasteiger partial charge < -0.3 is 19.2 Å². The van der Waals surface area contributed by atoms with E-state index in [0.29, 0.717) is 33.1 Å². The fourth-order valence-electron chi connectivity index (χ4n) is 2.42. The van der Waals surface area contributed by atoms with Gasteiger partial charge in [0.1, 0.15) is 16.2 Å². The number of nitrogens with zero attached hydrogens (tertiary/aromatic N) is 1. The number of hydrogen-bond donors (Lipinski definition) is 1. The van der Waals surface area contributed by atoms with Gasteiger partial charge in [0.05, 0.1) is 25.9 Å². The lowest BCUT2D eigenvalue weighted by atomic mass is 10.1. The quantitative estimate of drug-likeness (QED) is 0.509. The van der Waals surface area contributed by atoms with Crippen LogP contribution in [-0.2, 0) is 4.79 Å². The molecule has 2 aromatic heterocycles. The molecule has 25 heavy (non-hydrogen) atoms. The van der Waals surface area contributed by atoms with Gasteiger partial charge in [-0.05, 0) is 46.3 Å². The van der Waals surface area contributed by atoms with Gasteiger partial charge in [-0.25, -0.2) is 4.98 Å². The SMILES string of the molecule is COc1c(/C=C/C(=O)Nc2cccc(Br)n2)cc(OC)c2occc12. The van der Waals surface area contributed by atoms with Crippen molar-refractivity contribution in [3.8, 4) is 11.5 Å². The largest absolute Gasteiger partial charge is 0.495 e. The zero-order chi connectivity index (χ0) is 17.8. The fourth-order valence-corrected chi connectivity index (χ4v) is 2.76. The van der Waals surface area contributed by atoms with Gasteiger partial charge in [-0.3, -0.25) is 4.79 Å². The molecule has 128 valence electrons. The molecule has 0 unspecified atom stereocenters. The molecule has 0 bridgehead atoms. The number of aromatic nitrogens is 1. The Morgan fingerprint density at radius 1 is 1.28 bits per heavy atom. The highest BCUT2D eigenvalue weighted by Gasteiger charge is 2.14. The van der Waals surface area contributed by atoms with Gasteiger partial charge in [0.2, 0.25) is 5.91 Å². The molecule has 1 amide bonds. The summed E-state index contributed by atoms with van der Waals surface area (Å²) in [6.45, 7) is 0. The summed E-state index contributed by atoms with van der Waals surface area (Å²) in [6.07, 6.45) is 4.63. The van der Waals surface area contributed by atoms with E-state index in [0.717, 1.165) is 5.39 Å². The topological polar surface area (TPSA) is 73.6 Å². The molecule has 1 aromatic carbocycles. The first-order chi connectivity index (χ1) is 12.1. The minimum absolute atomic E-state index is 0.307. The van der Waals surface area contributed by atoms with E-state index in [2.05, 4.69) is 26.2 Å². The number of rotatable bonds is 5. The number of anilines is 1. The van der Waals surface area contributed by atoms with Gasteiger partial charge >= 0.3 is 0 Å². The number of carbonyl (C=O) groups is 1. The van der Waals surface area contributed by atoms with Crippen molar-refractivity contribution in [3.63, 3.8) is 0 Å². The highest BCUT2D eigenvalue weighted by Crippen LogP contribution is 2.38. The molecule has 0 aliphatic heterocycles. The number of hydrogen-bond acceptors (Lipinski definition) is 5. The predicted molar refractivity (Wildman–Crippen MR) is 98.9 cm³/mol. The Morgan fingerprint density at radius 2 is 2.12 bits per heavy atom. The summed E-state index contributed by atoms with van der Waals surface area (Å²) in [5.41, 5.74) is 1.30. The van der Waals surface area contributed by atoms with E-state index in [-0.39, 0.29) is 5.91 Å². The van der Waals surface area contributed by atoms with Gasteiger partial charge in [-0.15, -0.1) is 0 Å². The van der Waals surface area contributed by atoms with Crippen LogP contribution in [0, 0.1) is 0 Å².